The number of amides is 1. The number of thiazole rings is 1. The Balaban J connectivity index is 2.80. The van der Waals surface area contributed by atoms with E-state index < -0.39 is 15.7 Å². The second kappa shape index (κ2) is 6.32. The highest BCUT2D eigenvalue weighted by Gasteiger charge is 2.35. The van der Waals surface area contributed by atoms with Crippen LogP contribution < -0.4 is 10.0 Å². The number of anilines is 1. The highest BCUT2D eigenvalue weighted by atomic mass is 32.2. The van der Waals surface area contributed by atoms with Crippen molar-refractivity contribution < 1.29 is 9.00 Å². The number of carbonyl (C=O) groups is 1. The maximum atomic E-state index is 12.2. The zero-order chi connectivity index (χ0) is 15.6. The van der Waals surface area contributed by atoms with E-state index in [1.54, 1.807) is 13.8 Å². The predicted molar refractivity (Wildman–Crippen MR) is 85.3 cm³/mol. The van der Waals surface area contributed by atoms with Crippen LogP contribution in [-0.2, 0) is 21.2 Å². The van der Waals surface area contributed by atoms with Gasteiger partial charge < -0.3 is 5.32 Å². The fourth-order valence-corrected chi connectivity index (χ4v) is 3.09. The Labute approximate surface area is 127 Å². The van der Waals surface area contributed by atoms with Crippen molar-refractivity contribution in [3.05, 3.63) is 11.1 Å². The minimum atomic E-state index is -1.43. The van der Waals surface area contributed by atoms with Crippen LogP contribution in [0.25, 0.3) is 0 Å². The molecule has 7 heteroatoms. The van der Waals surface area contributed by atoms with E-state index in [2.05, 4.69) is 35.8 Å². The van der Waals surface area contributed by atoms with Gasteiger partial charge in [0, 0.05) is 17.3 Å². The molecule has 20 heavy (non-hydrogen) atoms. The molecule has 1 unspecified atom stereocenters. The smallest absolute Gasteiger partial charge is 0.245 e. The number of aromatic nitrogens is 1. The predicted octanol–water partition coefficient (Wildman–Crippen LogP) is 2.43. The van der Waals surface area contributed by atoms with Crippen LogP contribution >= 0.6 is 11.3 Å². The van der Waals surface area contributed by atoms with E-state index in [-0.39, 0.29) is 11.3 Å². The van der Waals surface area contributed by atoms with Gasteiger partial charge in [-0.05, 0) is 13.8 Å². The van der Waals surface area contributed by atoms with Crippen molar-refractivity contribution in [2.45, 2.75) is 51.7 Å². The molecular formula is C13H23N3O2S2. The van der Waals surface area contributed by atoms with Crippen LogP contribution in [0.2, 0.25) is 0 Å². The number of carbonyl (C=O) groups excluding carboxylic acids is 1. The van der Waals surface area contributed by atoms with E-state index in [9.17, 15) is 9.00 Å². The quantitative estimate of drug-likeness (QED) is 0.876. The Morgan fingerprint density at radius 2 is 1.95 bits per heavy atom. The lowest BCUT2D eigenvalue weighted by atomic mass is 9.93. The molecule has 1 aromatic heterocycles. The molecule has 0 spiro atoms. The number of hydrogen-bond acceptors (Lipinski definition) is 4. The minimum Gasteiger partial charge on any atom is -0.301 e. The molecule has 0 fully saturated rings. The normalized spacial score (nSPS) is 14.1. The molecule has 0 aliphatic carbocycles. The van der Waals surface area contributed by atoms with Gasteiger partial charge in [-0.25, -0.2) is 13.9 Å². The Morgan fingerprint density at radius 3 is 2.40 bits per heavy atom. The van der Waals surface area contributed by atoms with Gasteiger partial charge in [-0.2, -0.15) is 0 Å². The lowest BCUT2D eigenvalue weighted by Crippen LogP contribution is -2.46. The van der Waals surface area contributed by atoms with Gasteiger partial charge in [0.05, 0.1) is 5.69 Å². The third kappa shape index (κ3) is 4.10. The molecule has 2 N–H and O–H groups in total. The van der Waals surface area contributed by atoms with Gasteiger partial charge in [0.15, 0.2) is 5.13 Å². The second-order valence-corrected chi connectivity index (χ2v) is 8.72. The lowest BCUT2D eigenvalue weighted by molar-refractivity contribution is -0.117. The summed E-state index contributed by atoms with van der Waals surface area (Å²) in [6.07, 6.45) is 0. The molecule has 0 bridgehead atoms. The van der Waals surface area contributed by atoms with Crippen LogP contribution in [0.5, 0.6) is 0 Å². The third-order valence-electron chi connectivity index (χ3n) is 2.78. The molecule has 0 saturated carbocycles. The molecule has 1 aromatic rings. The first-order valence-corrected chi connectivity index (χ1v) is 8.54. The van der Waals surface area contributed by atoms with Crippen LogP contribution in [0.4, 0.5) is 5.13 Å². The minimum absolute atomic E-state index is 0.0540. The Morgan fingerprint density at radius 1 is 1.35 bits per heavy atom. The van der Waals surface area contributed by atoms with E-state index in [1.165, 1.54) is 11.3 Å². The Kier molecular flexibility index (Phi) is 5.46. The van der Waals surface area contributed by atoms with Gasteiger partial charge in [-0.15, -0.1) is 11.3 Å². The number of hydrogen-bond donors (Lipinski definition) is 2. The molecule has 0 saturated heterocycles. The van der Waals surface area contributed by atoms with Crippen LogP contribution in [0.3, 0.4) is 0 Å². The number of nitrogens with zero attached hydrogens (tertiary/aromatic N) is 1. The molecule has 1 atom stereocenters. The maximum absolute atomic E-state index is 12.2. The first kappa shape index (κ1) is 17.3. The van der Waals surface area contributed by atoms with E-state index in [0.29, 0.717) is 11.7 Å². The average Bonchev–Trinajstić information content (AvgIpc) is 2.77. The summed E-state index contributed by atoms with van der Waals surface area (Å²) in [7, 11) is -1.43. The summed E-state index contributed by atoms with van der Waals surface area (Å²) in [5.41, 5.74) is 0.880. The first-order chi connectivity index (χ1) is 9.09. The lowest BCUT2D eigenvalue weighted by Gasteiger charge is -2.22. The van der Waals surface area contributed by atoms with Gasteiger partial charge in [0.2, 0.25) is 5.91 Å². The van der Waals surface area contributed by atoms with Crippen molar-refractivity contribution in [1.82, 2.24) is 9.71 Å². The maximum Gasteiger partial charge on any atom is 0.245 e. The monoisotopic (exact) mass is 317 g/mol. The summed E-state index contributed by atoms with van der Waals surface area (Å²) >= 11 is 1.38. The summed E-state index contributed by atoms with van der Waals surface area (Å²) in [6.45, 7) is 11.9. The summed E-state index contributed by atoms with van der Waals surface area (Å²) < 4.78 is 13.7. The topological polar surface area (TPSA) is 71.1 Å². The van der Waals surface area contributed by atoms with Gasteiger partial charge in [0.1, 0.15) is 15.7 Å². The van der Waals surface area contributed by atoms with E-state index >= 15 is 0 Å². The fourth-order valence-electron chi connectivity index (χ4n) is 1.32. The highest BCUT2D eigenvalue weighted by Crippen LogP contribution is 2.27. The second-order valence-electron chi connectivity index (χ2n) is 6.02. The molecular weight excluding hydrogens is 294 g/mol. The molecule has 0 aliphatic heterocycles. The first-order valence-electron chi connectivity index (χ1n) is 6.52. The zero-order valence-corrected chi connectivity index (χ0v) is 14.5. The SMILES string of the molecule is CCNS(=O)C(C)(C)C(=O)Nc1nc(C(C)(C)C)cs1. The molecule has 1 amide bonds. The van der Waals surface area contributed by atoms with Crippen LogP contribution in [0.15, 0.2) is 5.38 Å². The molecule has 1 heterocycles. The van der Waals surface area contributed by atoms with Gasteiger partial charge in [-0.1, -0.05) is 27.7 Å². The number of rotatable bonds is 5. The van der Waals surface area contributed by atoms with Crippen LogP contribution in [0, 0.1) is 0 Å². The van der Waals surface area contributed by atoms with Gasteiger partial charge in [-0.3, -0.25) is 4.79 Å². The third-order valence-corrected chi connectivity index (χ3v) is 5.20. The fraction of sp³-hybridized carbons (Fsp3) is 0.692. The molecule has 114 valence electrons. The van der Waals surface area contributed by atoms with Crippen molar-refractivity contribution >= 4 is 33.4 Å². The van der Waals surface area contributed by atoms with Crippen molar-refractivity contribution in [3.63, 3.8) is 0 Å². The molecule has 0 radical (unpaired) electrons. The molecule has 0 aliphatic rings. The molecule has 0 aromatic carbocycles. The molecule has 5 nitrogen and oxygen atoms in total. The van der Waals surface area contributed by atoms with E-state index in [0.717, 1.165) is 5.69 Å². The van der Waals surface area contributed by atoms with Crippen molar-refractivity contribution in [3.8, 4) is 0 Å². The zero-order valence-electron chi connectivity index (χ0n) is 12.9. The standard InChI is InChI=1S/C13H23N3O2S2/c1-7-14-20(18)13(5,6)10(17)16-11-15-9(8-19-11)12(2,3)4/h8,14H,7H2,1-6H3,(H,15,16,17). The molecule has 1 rings (SSSR count). The summed E-state index contributed by atoms with van der Waals surface area (Å²) in [5.74, 6) is -0.299. The Bertz CT molecular complexity index is 504. The summed E-state index contributed by atoms with van der Waals surface area (Å²) in [4.78, 5) is 16.6. The van der Waals surface area contributed by atoms with Crippen molar-refractivity contribution in [2.24, 2.45) is 0 Å². The summed E-state index contributed by atoms with van der Waals surface area (Å²) in [6, 6.07) is 0. The average molecular weight is 317 g/mol. The van der Waals surface area contributed by atoms with Crippen LogP contribution in [-0.4, -0.2) is 26.4 Å². The van der Waals surface area contributed by atoms with E-state index in [1.807, 2.05) is 12.3 Å². The number of nitrogens with one attached hydrogen (secondary N) is 2. The largest absolute Gasteiger partial charge is 0.301 e. The Hall–Kier alpha value is -0.790. The van der Waals surface area contributed by atoms with Gasteiger partial charge in [0.25, 0.3) is 0 Å². The van der Waals surface area contributed by atoms with E-state index in [4.69, 9.17) is 0 Å². The summed E-state index contributed by atoms with van der Waals surface area (Å²) in [5, 5.41) is 5.23. The van der Waals surface area contributed by atoms with Crippen molar-refractivity contribution in [1.29, 1.82) is 0 Å². The van der Waals surface area contributed by atoms with Gasteiger partial charge >= 0.3 is 0 Å². The van der Waals surface area contributed by atoms with Crippen molar-refractivity contribution in [2.75, 3.05) is 11.9 Å². The van der Waals surface area contributed by atoms with Crippen LogP contribution in [0.1, 0.15) is 47.2 Å². The highest BCUT2D eigenvalue weighted by molar-refractivity contribution is 7.85.